The number of amides is 1. The molecule has 0 aliphatic rings. The van der Waals surface area contributed by atoms with E-state index in [1.165, 1.54) is 12.3 Å². The Bertz CT molecular complexity index is 910. The summed E-state index contributed by atoms with van der Waals surface area (Å²) in [6, 6.07) is 7.38. The Labute approximate surface area is 144 Å². The van der Waals surface area contributed by atoms with E-state index in [1.807, 2.05) is 0 Å². The van der Waals surface area contributed by atoms with Crippen molar-refractivity contribution in [2.24, 2.45) is 0 Å². The Kier molecular flexibility index (Phi) is 4.45. The van der Waals surface area contributed by atoms with Gasteiger partial charge in [-0.05, 0) is 30.3 Å². The highest BCUT2D eigenvalue weighted by molar-refractivity contribution is 6.33. The predicted molar refractivity (Wildman–Crippen MR) is 84.1 cm³/mol. The molecule has 1 amide bonds. The molecule has 25 heavy (non-hydrogen) atoms. The number of nitrogens with one attached hydrogen (secondary N) is 1. The molecule has 0 atom stereocenters. The molecule has 0 saturated heterocycles. The monoisotopic (exact) mass is 367 g/mol. The molecule has 0 radical (unpaired) electrons. The van der Waals surface area contributed by atoms with Crippen molar-refractivity contribution in [3.05, 3.63) is 65.1 Å². The number of carbonyl (C=O) groups excluding carboxylic acids is 1. The van der Waals surface area contributed by atoms with E-state index in [1.54, 1.807) is 18.3 Å². The lowest BCUT2D eigenvalue weighted by molar-refractivity contribution is -0.137. The molecule has 0 aliphatic carbocycles. The van der Waals surface area contributed by atoms with Gasteiger partial charge in [-0.15, -0.1) is 0 Å². The highest BCUT2D eigenvalue weighted by atomic mass is 35.5. The normalized spacial score (nSPS) is 11.4. The molecule has 5 nitrogen and oxygen atoms in total. The van der Waals surface area contributed by atoms with Crippen LogP contribution in [-0.2, 0) is 6.18 Å². The van der Waals surface area contributed by atoms with Crippen LogP contribution in [0.1, 0.15) is 16.1 Å². The number of anilines is 1. The van der Waals surface area contributed by atoms with Crippen molar-refractivity contribution in [3.8, 4) is 11.3 Å². The van der Waals surface area contributed by atoms with E-state index in [-0.39, 0.29) is 16.4 Å². The smallest absolute Gasteiger partial charge is 0.355 e. The summed E-state index contributed by atoms with van der Waals surface area (Å²) in [6.45, 7) is 0. The Morgan fingerprint density at radius 3 is 2.68 bits per heavy atom. The van der Waals surface area contributed by atoms with Crippen LogP contribution in [-0.4, -0.2) is 16.0 Å². The molecule has 2 heterocycles. The average molecular weight is 368 g/mol. The zero-order valence-electron chi connectivity index (χ0n) is 12.3. The van der Waals surface area contributed by atoms with Crippen LogP contribution in [0.25, 0.3) is 11.3 Å². The average Bonchev–Trinajstić information content (AvgIpc) is 3.07. The molecule has 0 unspecified atom stereocenters. The van der Waals surface area contributed by atoms with Crippen molar-refractivity contribution < 1.29 is 22.5 Å². The second kappa shape index (κ2) is 6.56. The molecule has 0 saturated carbocycles. The number of alkyl halides is 3. The topological polar surface area (TPSA) is 68.0 Å². The molecule has 2 aromatic heterocycles. The van der Waals surface area contributed by atoms with Gasteiger partial charge in [0.05, 0.1) is 16.3 Å². The first-order valence-electron chi connectivity index (χ1n) is 6.90. The van der Waals surface area contributed by atoms with Gasteiger partial charge >= 0.3 is 6.18 Å². The summed E-state index contributed by atoms with van der Waals surface area (Å²) in [5.41, 5.74) is -0.602. The molecular weight excluding hydrogens is 359 g/mol. The van der Waals surface area contributed by atoms with Crippen LogP contribution < -0.4 is 5.32 Å². The largest absolute Gasteiger partial charge is 0.416 e. The molecule has 3 aromatic rings. The fourth-order valence-electron chi connectivity index (χ4n) is 2.01. The van der Waals surface area contributed by atoms with Gasteiger partial charge in [0, 0.05) is 24.0 Å². The first-order chi connectivity index (χ1) is 11.8. The standard InChI is InChI=1S/C16H9ClF3N3O2/c17-11-4-3-10(16(18,19)20)6-12(11)22-15(24)13-7-14(25-23-13)9-2-1-5-21-8-9/h1-8H,(H,22,24). The molecule has 0 fully saturated rings. The highest BCUT2D eigenvalue weighted by Crippen LogP contribution is 2.34. The summed E-state index contributed by atoms with van der Waals surface area (Å²) in [6.07, 6.45) is -1.46. The van der Waals surface area contributed by atoms with Crippen molar-refractivity contribution in [3.63, 3.8) is 0 Å². The lowest BCUT2D eigenvalue weighted by Crippen LogP contribution is -2.14. The molecule has 1 aromatic carbocycles. The van der Waals surface area contributed by atoms with E-state index in [2.05, 4.69) is 15.5 Å². The lowest BCUT2D eigenvalue weighted by Gasteiger charge is -2.10. The summed E-state index contributed by atoms with van der Waals surface area (Å²) >= 11 is 5.84. The molecule has 0 aliphatic heterocycles. The van der Waals surface area contributed by atoms with Crippen LogP contribution in [0.5, 0.6) is 0 Å². The number of hydrogen-bond acceptors (Lipinski definition) is 4. The van der Waals surface area contributed by atoms with Crippen LogP contribution in [0.15, 0.2) is 53.3 Å². The van der Waals surface area contributed by atoms with Gasteiger partial charge in [-0.1, -0.05) is 16.8 Å². The van der Waals surface area contributed by atoms with Gasteiger partial charge in [-0.3, -0.25) is 9.78 Å². The SMILES string of the molecule is O=C(Nc1cc(C(F)(F)F)ccc1Cl)c1cc(-c2cccnc2)on1. The van der Waals surface area contributed by atoms with Gasteiger partial charge in [0.15, 0.2) is 11.5 Å². The number of pyridine rings is 1. The Morgan fingerprint density at radius 2 is 2.00 bits per heavy atom. The highest BCUT2D eigenvalue weighted by Gasteiger charge is 2.31. The molecule has 0 bridgehead atoms. The minimum absolute atomic E-state index is 0.0303. The lowest BCUT2D eigenvalue weighted by atomic mass is 10.2. The minimum Gasteiger partial charge on any atom is -0.355 e. The van der Waals surface area contributed by atoms with Crippen molar-refractivity contribution in [1.82, 2.24) is 10.1 Å². The van der Waals surface area contributed by atoms with Crippen molar-refractivity contribution in [1.29, 1.82) is 0 Å². The van der Waals surface area contributed by atoms with E-state index in [0.717, 1.165) is 18.2 Å². The first kappa shape index (κ1) is 17.0. The number of nitrogens with zero attached hydrogens (tertiary/aromatic N) is 2. The fourth-order valence-corrected chi connectivity index (χ4v) is 2.18. The maximum atomic E-state index is 12.8. The van der Waals surface area contributed by atoms with E-state index in [4.69, 9.17) is 16.1 Å². The Hall–Kier alpha value is -2.87. The third kappa shape index (κ3) is 3.80. The van der Waals surface area contributed by atoms with E-state index in [9.17, 15) is 18.0 Å². The third-order valence-electron chi connectivity index (χ3n) is 3.23. The van der Waals surface area contributed by atoms with Gasteiger partial charge in [-0.25, -0.2) is 0 Å². The van der Waals surface area contributed by atoms with E-state index >= 15 is 0 Å². The quantitative estimate of drug-likeness (QED) is 0.731. The number of aromatic nitrogens is 2. The summed E-state index contributed by atoms with van der Waals surface area (Å²) in [5, 5.41) is 5.87. The van der Waals surface area contributed by atoms with Crippen LogP contribution in [0.3, 0.4) is 0 Å². The molecule has 9 heteroatoms. The third-order valence-corrected chi connectivity index (χ3v) is 3.56. The summed E-state index contributed by atoms with van der Waals surface area (Å²) in [5.74, 6) is -0.450. The van der Waals surface area contributed by atoms with Crippen molar-refractivity contribution in [2.75, 3.05) is 5.32 Å². The maximum absolute atomic E-state index is 12.8. The number of rotatable bonds is 3. The summed E-state index contributed by atoms with van der Waals surface area (Å²) < 4.78 is 43.3. The van der Waals surface area contributed by atoms with E-state index < -0.39 is 17.6 Å². The van der Waals surface area contributed by atoms with Gasteiger partial charge < -0.3 is 9.84 Å². The number of carbonyl (C=O) groups is 1. The van der Waals surface area contributed by atoms with Gasteiger partial charge in [0.1, 0.15) is 0 Å². The van der Waals surface area contributed by atoms with Crippen LogP contribution in [0, 0.1) is 0 Å². The Morgan fingerprint density at radius 1 is 1.20 bits per heavy atom. The summed E-state index contributed by atoms with van der Waals surface area (Å²) in [4.78, 5) is 16.1. The summed E-state index contributed by atoms with van der Waals surface area (Å²) in [7, 11) is 0. The van der Waals surface area contributed by atoms with Crippen LogP contribution in [0.2, 0.25) is 5.02 Å². The molecule has 1 N–H and O–H groups in total. The van der Waals surface area contributed by atoms with Gasteiger partial charge in [-0.2, -0.15) is 13.2 Å². The van der Waals surface area contributed by atoms with E-state index in [0.29, 0.717) is 11.3 Å². The second-order valence-corrected chi connectivity index (χ2v) is 5.37. The van der Waals surface area contributed by atoms with Crippen molar-refractivity contribution in [2.45, 2.75) is 6.18 Å². The van der Waals surface area contributed by atoms with Crippen LogP contribution in [0.4, 0.5) is 18.9 Å². The van der Waals surface area contributed by atoms with Gasteiger partial charge in [0.25, 0.3) is 5.91 Å². The fraction of sp³-hybridized carbons (Fsp3) is 0.0625. The van der Waals surface area contributed by atoms with Crippen molar-refractivity contribution >= 4 is 23.2 Å². The predicted octanol–water partition coefficient (Wildman–Crippen LogP) is 4.66. The van der Waals surface area contributed by atoms with Crippen LogP contribution >= 0.6 is 11.6 Å². The number of hydrogen-bond donors (Lipinski definition) is 1. The number of halogens is 4. The second-order valence-electron chi connectivity index (χ2n) is 4.96. The molecule has 3 rings (SSSR count). The number of benzene rings is 1. The molecular formula is C16H9ClF3N3O2. The minimum atomic E-state index is -4.55. The maximum Gasteiger partial charge on any atom is 0.416 e. The molecule has 128 valence electrons. The first-order valence-corrected chi connectivity index (χ1v) is 7.27. The zero-order valence-corrected chi connectivity index (χ0v) is 13.1. The Balaban J connectivity index is 1.83. The molecule has 0 spiro atoms. The zero-order chi connectivity index (χ0) is 18.0. The van der Waals surface area contributed by atoms with Gasteiger partial charge in [0.2, 0.25) is 0 Å².